The molecular weight excluding hydrogens is 252 g/mol. The van der Waals surface area contributed by atoms with E-state index in [1.54, 1.807) is 7.11 Å². The highest BCUT2D eigenvalue weighted by Gasteiger charge is 2.27. The number of hydrogen-bond donors (Lipinski definition) is 1. The van der Waals surface area contributed by atoms with Crippen molar-refractivity contribution in [1.29, 1.82) is 0 Å². The Morgan fingerprint density at radius 2 is 2.25 bits per heavy atom. The predicted octanol–water partition coefficient (Wildman–Crippen LogP) is 1.89. The van der Waals surface area contributed by atoms with Crippen LogP contribution in [0.2, 0.25) is 0 Å². The summed E-state index contributed by atoms with van der Waals surface area (Å²) in [5.74, 6) is 0.101. The molecule has 2 unspecified atom stereocenters. The molecule has 110 valence electrons. The summed E-state index contributed by atoms with van der Waals surface area (Å²) in [5.41, 5.74) is 8.25. The highest BCUT2D eigenvalue weighted by atomic mass is 16.5. The molecule has 4 nitrogen and oxygen atoms in total. The molecule has 0 spiro atoms. The summed E-state index contributed by atoms with van der Waals surface area (Å²) >= 11 is 0. The fourth-order valence-corrected chi connectivity index (χ4v) is 2.91. The summed E-state index contributed by atoms with van der Waals surface area (Å²) in [6.07, 6.45) is 3.42. The number of amides is 1. The monoisotopic (exact) mass is 276 g/mol. The lowest BCUT2D eigenvalue weighted by Gasteiger charge is -2.34. The van der Waals surface area contributed by atoms with Crippen LogP contribution in [0.4, 0.5) is 0 Å². The Labute approximate surface area is 120 Å². The van der Waals surface area contributed by atoms with E-state index in [1.807, 2.05) is 18.0 Å². The van der Waals surface area contributed by atoms with Crippen molar-refractivity contribution in [3.63, 3.8) is 0 Å². The van der Waals surface area contributed by atoms with Crippen LogP contribution >= 0.6 is 0 Å². The maximum atomic E-state index is 12.4. The highest BCUT2D eigenvalue weighted by Crippen LogP contribution is 2.33. The predicted molar refractivity (Wildman–Crippen MR) is 79.4 cm³/mol. The van der Waals surface area contributed by atoms with E-state index in [9.17, 15) is 4.79 Å². The molecule has 1 aromatic carbocycles. The summed E-state index contributed by atoms with van der Waals surface area (Å²) in [7, 11) is 3.49. The normalized spacial score (nSPS) is 19.2. The molecule has 20 heavy (non-hydrogen) atoms. The van der Waals surface area contributed by atoms with Gasteiger partial charge in [0.15, 0.2) is 0 Å². The van der Waals surface area contributed by atoms with Gasteiger partial charge in [-0.25, -0.2) is 0 Å². The first kappa shape index (κ1) is 15.0. The molecule has 0 aromatic heterocycles. The molecule has 0 heterocycles. The minimum absolute atomic E-state index is 0.101. The molecule has 0 radical (unpaired) electrons. The van der Waals surface area contributed by atoms with Crippen molar-refractivity contribution in [2.75, 3.05) is 20.7 Å². The number of methoxy groups -OCH3 is 1. The van der Waals surface area contributed by atoms with E-state index >= 15 is 0 Å². The summed E-state index contributed by atoms with van der Waals surface area (Å²) in [5, 5.41) is 0. The lowest BCUT2D eigenvalue weighted by Crippen LogP contribution is -2.37. The van der Waals surface area contributed by atoms with Crippen LogP contribution in [0.25, 0.3) is 0 Å². The molecule has 0 bridgehead atoms. The molecule has 1 aliphatic rings. The second-order valence-electron chi connectivity index (χ2n) is 5.41. The number of carbonyl (C=O) groups excluding carboxylic acids is 1. The van der Waals surface area contributed by atoms with Crippen molar-refractivity contribution in [3.8, 4) is 0 Å². The largest absolute Gasteiger partial charge is 0.380 e. The van der Waals surface area contributed by atoms with Gasteiger partial charge in [0.25, 0.3) is 0 Å². The van der Waals surface area contributed by atoms with Gasteiger partial charge in [0.2, 0.25) is 5.91 Å². The lowest BCUT2D eigenvalue weighted by molar-refractivity contribution is -0.134. The number of nitrogens with zero attached hydrogens (tertiary/aromatic N) is 1. The van der Waals surface area contributed by atoms with Gasteiger partial charge in [0.1, 0.15) is 0 Å². The maximum absolute atomic E-state index is 12.4. The van der Waals surface area contributed by atoms with E-state index in [0.717, 1.165) is 19.3 Å². The number of aryl methyl sites for hydroxylation is 1. The van der Waals surface area contributed by atoms with Gasteiger partial charge in [-0.2, -0.15) is 0 Å². The van der Waals surface area contributed by atoms with Crippen molar-refractivity contribution in [2.24, 2.45) is 5.73 Å². The van der Waals surface area contributed by atoms with Crippen molar-refractivity contribution >= 4 is 5.91 Å². The maximum Gasteiger partial charge on any atom is 0.225 e. The molecule has 2 atom stereocenters. The number of ether oxygens (including phenoxy) is 1. The van der Waals surface area contributed by atoms with E-state index in [2.05, 4.69) is 18.2 Å². The van der Waals surface area contributed by atoms with Gasteiger partial charge in [-0.15, -0.1) is 0 Å². The van der Waals surface area contributed by atoms with Gasteiger partial charge in [-0.3, -0.25) is 4.79 Å². The van der Waals surface area contributed by atoms with Gasteiger partial charge in [-0.05, 0) is 30.4 Å². The van der Waals surface area contributed by atoms with Gasteiger partial charge < -0.3 is 15.4 Å². The van der Waals surface area contributed by atoms with Crippen molar-refractivity contribution < 1.29 is 9.53 Å². The van der Waals surface area contributed by atoms with Gasteiger partial charge >= 0.3 is 0 Å². The van der Waals surface area contributed by atoms with E-state index in [4.69, 9.17) is 10.5 Å². The minimum Gasteiger partial charge on any atom is -0.380 e. The first-order chi connectivity index (χ1) is 9.67. The average molecular weight is 276 g/mol. The molecule has 4 heteroatoms. The summed E-state index contributed by atoms with van der Waals surface area (Å²) in [6, 6.07) is 8.60. The Kier molecular flexibility index (Phi) is 5.15. The first-order valence-electron chi connectivity index (χ1n) is 7.23. The van der Waals surface area contributed by atoms with Crippen LogP contribution < -0.4 is 5.73 Å². The van der Waals surface area contributed by atoms with E-state index < -0.39 is 0 Å². The Morgan fingerprint density at radius 3 is 2.95 bits per heavy atom. The molecule has 0 aliphatic heterocycles. The third kappa shape index (κ3) is 3.19. The zero-order valence-electron chi connectivity index (χ0n) is 12.3. The van der Waals surface area contributed by atoms with Crippen molar-refractivity contribution in [3.05, 3.63) is 35.4 Å². The average Bonchev–Trinajstić information content (AvgIpc) is 2.51. The molecule has 1 amide bonds. The summed E-state index contributed by atoms with van der Waals surface area (Å²) in [4.78, 5) is 14.2. The SMILES string of the molecule is COC(CN)CC(=O)N(C)C1CCCc2ccccc21. The topological polar surface area (TPSA) is 55.6 Å². The lowest BCUT2D eigenvalue weighted by atomic mass is 9.87. The summed E-state index contributed by atoms with van der Waals surface area (Å²) in [6.45, 7) is 0.372. The Morgan fingerprint density at radius 1 is 1.50 bits per heavy atom. The van der Waals surface area contributed by atoms with Crippen LogP contribution in [0, 0.1) is 0 Å². The van der Waals surface area contributed by atoms with E-state index in [0.29, 0.717) is 13.0 Å². The van der Waals surface area contributed by atoms with Crippen molar-refractivity contribution in [2.45, 2.75) is 37.8 Å². The molecule has 0 saturated carbocycles. The Bertz CT molecular complexity index is 458. The van der Waals surface area contributed by atoms with Crippen LogP contribution in [-0.2, 0) is 16.0 Å². The van der Waals surface area contributed by atoms with E-state index in [-0.39, 0.29) is 18.1 Å². The van der Waals surface area contributed by atoms with Crippen molar-refractivity contribution in [1.82, 2.24) is 4.90 Å². The fraction of sp³-hybridized carbons (Fsp3) is 0.562. The van der Waals surface area contributed by atoms with Crippen LogP contribution in [0.1, 0.15) is 36.4 Å². The van der Waals surface area contributed by atoms with E-state index in [1.165, 1.54) is 11.1 Å². The number of rotatable bonds is 5. The van der Waals surface area contributed by atoms with Crippen LogP contribution in [-0.4, -0.2) is 37.6 Å². The smallest absolute Gasteiger partial charge is 0.225 e. The second-order valence-corrected chi connectivity index (χ2v) is 5.41. The molecular formula is C16H24N2O2. The van der Waals surface area contributed by atoms with Crippen LogP contribution in [0.3, 0.4) is 0 Å². The third-order valence-electron chi connectivity index (χ3n) is 4.20. The van der Waals surface area contributed by atoms with Gasteiger partial charge in [-0.1, -0.05) is 24.3 Å². The standard InChI is InChI=1S/C16H24N2O2/c1-18(16(19)10-13(11-17)20-2)15-9-5-7-12-6-3-4-8-14(12)15/h3-4,6,8,13,15H,5,7,9-11,17H2,1-2H3. The highest BCUT2D eigenvalue weighted by molar-refractivity contribution is 5.77. The molecule has 2 N–H and O–H groups in total. The molecule has 2 rings (SSSR count). The molecule has 1 aromatic rings. The van der Waals surface area contributed by atoms with Crippen LogP contribution in [0.5, 0.6) is 0 Å². The fourth-order valence-electron chi connectivity index (χ4n) is 2.91. The molecule has 1 aliphatic carbocycles. The first-order valence-corrected chi connectivity index (χ1v) is 7.23. The quantitative estimate of drug-likeness (QED) is 0.893. The number of benzene rings is 1. The zero-order chi connectivity index (χ0) is 14.5. The minimum atomic E-state index is -0.191. The zero-order valence-corrected chi connectivity index (χ0v) is 12.3. The second kappa shape index (κ2) is 6.86. The van der Waals surface area contributed by atoms with Gasteiger partial charge in [0, 0.05) is 20.7 Å². The Hall–Kier alpha value is -1.39. The molecule has 0 fully saturated rings. The number of carbonyl (C=O) groups is 1. The van der Waals surface area contributed by atoms with Crippen LogP contribution in [0.15, 0.2) is 24.3 Å². The number of fused-ring (bicyclic) bond motifs is 1. The van der Waals surface area contributed by atoms with Gasteiger partial charge in [0.05, 0.1) is 18.6 Å². The number of nitrogens with two attached hydrogens (primary N) is 1. The summed E-state index contributed by atoms with van der Waals surface area (Å²) < 4.78 is 5.20. The third-order valence-corrected chi connectivity index (χ3v) is 4.20. The number of hydrogen-bond acceptors (Lipinski definition) is 3. The Balaban J connectivity index is 2.10. The molecule has 0 saturated heterocycles.